The van der Waals surface area contributed by atoms with Gasteiger partial charge in [-0.15, -0.1) is 0 Å². The van der Waals surface area contributed by atoms with Crippen LogP contribution >= 0.6 is 22.9 Å². The molecule has 2 aromatic rings. The van der Waals surface area contributed by atoms with Gasteiger partial charge in [0.15, 0.2) is 10.3 Å². The summed E-state index contributed by atoms with van der Waals surface area (Å²) in [6, 6.07) is 10.3. The SMILES string of the molecule is N#Cc1sc(NCc2ccc(CCN)cc2)nc1Cl. The average Bonchev–Trinajstić information content (AvgIpc) is 2.79. The first-order valence-corrected chi connectivity index (χ1v) is 7.00. The highest BCUT2D eigenvalue weighted by Crippen LogP contribution is 2.26. The minimum atomic E-state index is 0.258. The summed E-state index contributed by atoms with van der Waals surface area (Å²) in [5.41, 5.74) is 7.88. The third-order valence-electron chi connectivity index (χ3n) is 2.59. The number of nitrogens with zero attached hydrogens (tertiary/aromatic N) is 2. The zero-order valence-corrected chi connectivity index (χ0v) is 11.8. The zero-order chi connectivity index (χ0) is 13.7. The Morgan fingerprint density at radius 1 is 1.32 bits per heavy atom. The van der Waals surface area contributed by atoms with Gasteiger partial charge < -0.3 is 11.1 Å². The van der Waals surface area contributed by atoms with Crippen LogP contribution in [0.1, 0.15) is 16.0 Å². The standard InChI is InChI=1S/C13H13ClN4S/c14-12-11(7-16)19-13(18-12)17-8-10-3-1-9(2-4-10)5-6-15/h1-4H,5-6,8,15H2,(H,17,18). The molecule has 3 N–H and O–H groups in total. The Labute approximate surface area is 120 Å². The van der Waals surface area contributed by atoms with Crippen molar-refractivity contribution in [1.29, 1.82) is 5.26 Å². The first-order chi connectivity index (χ1) is 9.22. The molecule has 0 atom stereocenters. The molecule has 0 fully saturated rings. The lowest BCUT2D eigenvalue weighted by Gasteiger charge is -2.04. The number of halogens is 1. The predicted molar refractivity (Wildman–Crippen MR) is 78.4 cm³/mol. The van der Waals surface area contributed by atoms with E-state index in [1.807, 2.05) is 6.07 Å². The molecule has 0 aliphatic rings. The van der Waals surface area contributed by atoms with Crippen LogP contribution in [0.15, 0.2) is 24.3 Å². The Morgan fingerprint density at radius 2 is 2.00 bits per heavy atom. The fourth-order valence-corrected chi connectivity index (χ4v) is 2.56. The minimum Gasteiger partial charge on any atom is -0.357 e. The maximum Gasteiger partial charge on any atom is 0.185 e. The Hall–Kier alpha value is -1.61. The molecule has 2 rings (SSSR count). The summed E-state index contributed by atoms with van der Waals surface area (Å²) >= 11 is 7.07. The summed E-state index contributed by atoms with van der Waals surface area (Å²) < 4.78 is 0. The largest absolute Gasteiger partial charge is 0.357 e. The molecule has 19 heavy (non-hydrogen) atoms. The third-order valence-corrected chi connectivity index (χ3v) is 3.89. The monoisotopic (exact) mass is 292 g/mol. The lowest BCUT2D eigenvalue weighted by atomic mass is 10.1. The van der Waals surface area contributed by atoms with Gasteiger partial charge in [0.1, 0.15) is 10.9 Å². The lowest BCUT2D eigenvalue weighted by Crippen LogP contribution is -2.03. The lowest BCUT2D eigenvalue weighted by molar-refractivity contribution is 0.966. The second kappa shape index (κ2) is 6.53. The highest BCUT2D eigenvalue weighted by Gasteiger charge is 2.07. The van der Waals surface area contributed by atoms with Gasteiger partial charge in [0.05, 0.1) is 0 Å². The summed E-state index contributed by atoms with van der Waals surface area (Å²) in [6.07, 6.45) is 0.890. The molecule has 0 radical (unpaired) electrons. The molecule has 1 heterocycles. The smallest absolute Gasteiger partial charge is 0.185 e. The molecule has 1 aromatic carbocycles. The van der Waals surface area contributed by atoms with Crippen LogP contribution in [-0.2, 0) is 13.0 Å². The van der Waals surface area contributed by atoms with E-state index in [2.05, 4.69) is 34.6 Å². The van der Waals surface area contributed by atoms with Crippen molar-refractivity contribution in [3.63, 3.8) is 0 Å². The van der Waals surface area contributed by atoms with Crippen LogP contribution in [0.5, 0.6) is 0 Å². The van der Waals surface area contributed by atoms with Crippen molar-refractivity contribution in [1.82, 2.24) is 4.98 Å². The van der Waals surface area contributed by atoms with Crippen molar-refractivity contribution >= 4 is 28.1 Å². The normalized spacial score (nSPS) is 10.2. The van der Waals surface area contributed by atoms with E-state index < -0.39 is 0 Å². The average molecular weight is 293 g/mol. The van der Waals surface area contributed by atoms with E-state index in [9.17, 15) is 0 Å². The van der Waals surface area contributed by atoms with Crippen LogP contribution in [0.2, 0.25) is 5.15 Å². The zero-order valence-electron chi connectivity index (χ0n) is 10.2. The number of aromatic nitrogens is 1. The van der Waals surface area contributed by atoms with Gasteiger partial charge in [-0.05, 0) is 24.1 Å². The van der Waals surface area contributed by atoms with Crippen LogP contribution in [0.3, 0.4) is 0 Å². The number of hydrogen-bond acceptors (Lipinski definition) is 5. The van der Waals surface area contributed by atoms with E-state index in [-0.39, 0.29) is 5.15 Å². The summed E-state index contributed by atoms with van der Waals surface area (Å²) in [4.78, 5) is 4.51. The second-order valence-corrected chi connectivity index (χ2v) is 5.32. The Morgan fingerprint density at radius 3 is 2.58 bits per heavy atom. The van der Waals surface area contributed by atoms with E-state index in [0.717, 1.165) is 12.0 Å². The third kappa shape index (κ3) is 3.67. The number of anilines is 1. The molecule has 6 heteroatoms. The molecule has 0 spiro atoms. The second-order valence-electron chi connectivity index (χ2n) is 3.96. The van der Waals surface area contributed by atoms with Crippen LogP contribution in [0.4, 0.5) is 5.13 Å². The Balaban J connectivity index is 1.96. The predicted octanol–water partition coefficient (Wildman–Crippen LogP) is 2.78. The van der Waals surface area contributed by atoms with Crippen LogP contribution < -0.4 is 11.1 Å². The van der Waals surface area contributed by atoms with Crippen molar-refractivity contribution in [3.8, 4) is 6.07 Å². The molecule has 0 saturated carbocycles. The first-order valence-electron chi connectivity index (χ1n) is 5.81. The van der Waals surface area contributed by atoms with Gasteiger partial charge in [-0.2, -0.15) is 5.26 Å². The van der Waals surface area contributed by atoms with Crippen molar-refractivity contribution in [2.75, 3.05) is 11.9 Å². The fraction of sp³-hybridized carbons (Fsp3) is 0.231. The van der Waals surface area contributed by atoms with Gasteiger partial charge in [0.2, 0.25) is 0 Å². The molecule has 0 aliphatic heterocycles. The highest BCUT2D eigenvalue weighted by molar-refractivity contribution is 7.16. The molecule has 0 amide bonds. The molecule has 0 aliphatic carbocycles. The number of rotatable bonds is 5. The summed E-state index contributed by atoms with van der Waals surface area (Å²) in [5, 5.41) is 12.9. The van der Waals surface area contributed by atoms with E-state index in [0.29, 0.717) is 23.1 Å². The van der Waals surface area contributed by atoms with E-state index in [1.54, 1.807) is 0 Å². The van der Waals surface area contributed by atoms with E-state index >= 15 is 0 Å². The number of thiazole rings is 1. The van der Waals surface area contributed by atoms with Crippen LogP contribution in [0, 0.1) is 11.3 Å². The van der Waals surface area contributed by atoms with E-state index in [4.69, 9.17) is 22.6 Å². The number of benzene rings is 1. The molecular formula is C13H13ClN4S. The maximum absolute atomic E-state index is 8.80. The van der Waals surface area contributed by atoms with Gasteiger partial charge in [0, 0.05) is 6.54 Å². The summed E-state index contributed by atoms with van der Waals surface area (Å²) in [5.74, 6) is 0. The van der Waals surface area contributed by atoms with Gasteiger partial charge in [-0.3, -0.25) is 0 Å². The topological polar surface area (TPSA) is 74.7 Å². The molecule has 0 unspecified atom stereocenters. The summed E-state index contributed by atoms with van der Waals surface area (Å²) in [6.45, 7) is 1.31. The van der Waals surface area contributed by atoms with Crippen molar-refractivity contribution in [2.24, 2.45) is 5.73 Å². The quantitative estimate of drug-likeness (QED) is 0.888. The molecule has 1 aromatic heterocycles. The van der Waals surface area contributed by atoms with Crippen LogP contribution in [0.25, 0.3) is 0 Å². The molecule has 98 valence electrons. The summed E-state index contributed by atoms with van der Waals surface area (Å²) in [7, 11) is 0. The maximum atomic E-state index is 8.80. The van der Waals surface area contributed by atoms with Crippen molar-refractivity contribution in [2.45, 2.75) is 13.0 Å². The molecule has 0 saturated heterocycles. The van der Waals surface area contributed by atoms with Gasteiger partial charge in [-0.25, -0.2) is 4.98 Å². The molecule has 0 bridgehead atoms. The van der Waals surface area contributed by atoms with Crippen LogP contribution in [-0.4, -0.2) is 11.5 Å². The van der Waals surface area contributed by atoms with Gasteiger partial charge in [0.25, 0.3) is 0 Å². The Bertz CT molecular complexity index is 586. The fourth-order valence-electron chi connectivity index (χ4n) is 1.61. The van der Waals surface area contributed by atoms with Gasteiger partial charge in [-0.1, -0.05) is 47.2 Å². The Kier molecular flexibility index (Phi) is 4.74. The van der Waals surface area contributed by atoms with Crippen molar-refractivity contribution in [3.05, 3.63) is 45.4 Å². The first kappa shape index (κ1) is 13.8. The van der Waals surface area contributed by atoms with E-state index in [1.165, 1.54) is 16.9 Å². The number of nitriles is 1. The number of nitrogens with two attached hydrogens (primary N) is 1. The molecular weight excluding hydrogens is 280 g/mol. The van der Waals surface area contributed by atoms with Gasteiger partial charge >= 0.3 is 0 Å². The minimum absolute atomic E-state index is 0.258. The number of nitrogens with one attached hydrogen (secondary N) is 1. The van der Waals surface area contributed by atoms with Crippen molar-refractivity contribution < 1.29 is 0 Å². The number of hydrogen-bond donors (Lipinski definition) is 2. The highest BCUT2D eigenvalue weighted by atomic mass is 35.5. The molecule has 4 nitrogen and oxygen atoms in total.